The van der Waals surface area contributed by atoms with Gasteiger partial charge in [-0.2, -0.15) is 0 Å². The average molecular weight is 331 g/mol. The van der Waals surface area contributed by atoms with Crippen molar-refractivity contribution >= 4 is 28.7 Å². The van der Waals surface area contributed by atoms with E-state index in [1.807, 2.05) is 31.2 Å². The number of rotatable bonds is 7. The maximum Gasteiger partial charge on any atom is 0.329 e. The van der Waals surface area contributed by atoms with E-state index >= 15 is 0 Å². The van der Waals surface area contributed by atoms with E-state index in [1.54, 1.807) is 6.07 Å². The first-order chi connectivity index (χ1) is 11.4. The highest BCUT2D eigenvalue weighted by Crippen LogP contribution is 2.14. The number of aromatic nitrogens is 1. The number of carbonyl (C=O) groups excluding carboxylic acids is 2. The van der Waals surface area contributed by atoms with Gasteiger partial charge in [0.25, 0.3) is 5.91 Å². The van der Waals surface area contributed by atoms with E-state index in [1.165, 1.54) is 6.92 Å². The molecule has 1 aromatic carbocycles. The molecule has 24 heavy (non-hydrogen) atoms. The second-order valence-corrected chi connectivity index (χ2v) is 5.89. The first-order valence-corrected chi connectivity index (χ1v) is 7.76. The molecule has 0 saturated heterocycles. The number of hydrogen-bond acceptors (Lipinski definition) is 3. The molecule has 0 aliphatic carbocycles. The Morgan fingerprint density at radius 1 is 1.25 bits per heavy atom. The lowest BCUT2D eigenvalue weighted by Gasteiger charge is -2.25. The standard InChI is InChI=1S/C17H21N3O4/c1-3-8-17(2,16(23)24)20-14(21)10-18-15(22)13-9-11-6-4-5-7-12(11)19-13/h4-7,9,19H,3,8,10H2,1-2H3,(H,18,22)(H,20,21)(H,23,24). The minimum Gasteiger partial charge on any atom is -0.480 e. The van der Waals surface area contributed by atoms with E-state index in [0.29, 0.717) is 18.5 Å². The summed E-state index contributed by atoms with van der Waals surface area (Å²) in [6, 6.07) is 9.14. The molecule has 0 aliphatic rings. The summed E-state index contributed by atoms with van der Waals surface area (Å²) in [5, 5.41) is 15.1. The van der Waals surface area contributed by atoms with Gasteiger partial charge in [-0.3, -0.25) is 9.59 Å². The van der Waals surface area contributed by atoms with Crippen molar-refractivity contribution in [1.82, 2.24) is 15.6 Å². The Kier molecular flexibility index (Phi) is 5.23. The van der Waals surface area contributed by atoms with E-state index < -0.39 is 23.3 Å². The van der Waals surface area contributed by atoms with Gasteiger partial charge in [0, 0.05) is 10.9 Å². The second-order valence-electron chi connectivity index (χ2n) is 5.89. The molecule has 2 rings (SSSR count). The highest BCUT2D eigenvalue weighted by molar-refractivity contribution is 5.99. The van der Waals surface area contributed by atoms with Gasteiger partial charge >= 0.3 is 5.97 Å². The van der Waals surface area contributed by atoms with Crippen LogP contribution in [0.5, 0.6) is 0 Å². The third kappa shape index (κ3) is 3.92. The molecule has 2 aromatic rings. The van der Waals surface area contributed by atoms with E-state index in [9.17, 15) is 19.5 Å². The molecule has 7 heteroatoms. The van der Waals surface area contributed by atoms with Crippen molar-refractivity contribution in [2.45, 2.75) is 32.2 Å². The van der Waals surface area contributed by atoms with E-state index in [4.69, 9.17) is 0 Å². The van der Waals surface area contributed by atoms with Gasteiger partial charge in [-0.1, -0.05) is 31.5 Å². The van der Waals surface area contributed by atoms with Crippen LogP contribution in [0.2, 0.25) is 0 Å². The summed E-state index contributed by atoms with van der Waals surface area (Å²) in [4.78, 5) is 38.3. The number of fused-ring (bicyclic) bond motifs is 1. The number of benzene rings is 1. The number of amides is 2. The third-order valence-corrected chi connectivity index (χ3v) is 3.82. The topological polar surface area (TPSA) is 111 Å². The number of carboxylic acids is 1. The van der Waals surface area contributed by atoms with Gasteiger partial charge in [0.2, 0.25) is 5.91 Å². The van der Waals surface area contributed by atoms with Crippen LogP contribution in [0.25, 0.3) is 10.9 Å². The summed E-state index contributed by atoms with van der Waals surface area (Å²) in [6.45, 7) is 3.00. The molecule has 4 N–H and O–H groups in total. The monoisotopic (exact) mass is 331 g/mol. The number of para-hydroxylation sites is 1. The van der Waals surface area contributed by atoms with Gasteiger partial charge in [0.05, 0.1) is 6.54 Å². The predicted octanol–water partition coefficient (Wildman–Crippen LogP) is 1.66. The summed E-state index contributed by atoms with van der Waals surface area (Å²) >= 11 is 0. The first-order valence-electron chi connectivity index (χ1n) is 7.76. The van der Waals surface area contributed by atoms with Crippen LogP contribution in [-0.4, -0.2) is 40.0 Å². The van der Waals surface area contributed by atoms with Crippen LogP contribution in [0.4, 0.5) is 0 Å². The lowest BCUT2D eigenvalue weighted by Crippen LogP contribution is -2.54. The van der Waals surface area contributed by atoms with E-state index in [-0.39, 0.29) is 6.54 Å². The molecule has 0 aliphatic heterocycles. The zero-order valence-electron chi connectivity index (χ0n) is 13.7. The van der Waals surface area contributed by atoms with Crippen molar-refractivity contribution in [3.8, 4) is 0 Å². The van der Waals surface area contributed by atoms with Gasteiger partial charge in [-0.25, -0.2) is 4.79 Å². The largest absolute Gasteiger partial charge is 0.480 e. The fraction of sp³-hybridized carbons (Fsp3) is 0.353. The maximum atomic E-state index is 12.1. The lowest BCUT2D eigenvalue weighted by molar-refractivity contribution is -0.147. The van der Waals surface area contributed by atoms with Crippen LogP contribution in [-0.2, 0) is 9.59 Å². The molecule has 1 unspecified atom stereocenters. The number of carbonyl (C=O) groups is 3. The van der Waals surface area contributed by atoms with Gasteiger partial charge in [0.15, 0.2) is 0 Å². The molecule has 1 atom stereocenters. The Morgan fingerprint density at radius 2 is 1.96 bits per heavy atom. The molecular weight excluding hydrogens is 310 g/mol. The van der Waals surface area contributed by atoms with Gasteiger partial charge < -0.3 is 20.7 Å². The molecule has 0 spiro atoms. The molecule has 0 radical (unpaired) electrons. The number of nitrogens with one attached hydrogen (secondary N) is 3. The van der Waals surface area contributed by atoms with Crippen LogP contribution in [0, 0.1) is 0 Å². The zero-order valence-corrected chi connectivity index (χ0v) is 13.7. The first kappa shape index (κ1) is 17.5. The van der Waals surface area contributed by atoms with Crippen LogP contribution in [0.3, 0.4) is 0 Å². The molecule has 2 amide bonds. The zero-order chi connectivity index (χ0) is 17.7. The van der Waals surface area contributed by atoms with Gasteiger partial charge in [0.1, 0.15) is 11.2 Å². The predicted molar refractivity (Wildman–Crippen MR) is 89.7 cm³/mol. The van der Waals surface area contributed by atoms with Gasteiger partial charge in [-0.05, 0) is 25.5 Å². The summed E-state index contributed by atoms with van der Waals surface area (Å²) in [6.07, 6.45) is 0.925. The minimum atomic E-state index is -1.34. The number of aromatic amines is 1. The number of hydrogen-bond donors (Lipinski definition) is 4. The Labute approximate surface area is 139 Å². The Bertz CT molecular complexity index is 735. The molecule has 1 heterocycles. The maximum absolute atomic E-state index is 12.1. The van der Waals surface area contributed by atoms with Crippen molar-refractivity contribution < 1.29 is 19.5 Å². The molecule has 0 fully saturated rings. The van der Waals surface area contributed by atoms with Crippen LogP contribution in [0.1, 0.15) is 37.2 Å². The number of aliphatic carboxylic acids is 1. The summed E-state index contributed by atoms with van der Waals surface area (Å²) < 4.78 is 0. The van der Waals surface area contributed by atoms with Crippen LogP contribution >= 0.6 is 0 Å². The summed E-state index contributed by atoms with van der Waals surface area (Å²) in [5.74, 6) is -2.06. The molecule has 0 saturated carbocycles. The van der Waals surface area contributed by atoms with E-state index in [0.717, 1.165) is 10.9 Å². The van der Waals surface area contributed by atoms with Crippen molar-refractivity contribution in [3.63, 3.8) is 0 Å². The SMILES string of the molecule is CCCC(C)(NC(=O)CNC(=O)c1cc2ccccc2[nH]1)C(=O)O. The van der Waals surface area contributed by atoms with Crippen molar-refractivity contribution in [1.29, 1.82) is 0 Å². The lowest BCUT2D eigenvalue weighted by atomic mass is 9.96. The Hall–Kier alpha value is -2.83. The molecule has 7 nitrogen and oxygen atoms in total. The van der Waals surface area contributed by atoms with Gasteiger partial charge in [-0.15, -0.1) is 0 Å². The number of carboxylic acid groups (broad SMARTS) is 1. The Balaban J connectivity index is 1.95. The average Bonchev–Trinajstić information content (AvgIpc) is 2.96. The fourth-order valence-electron chi connectivity index (χ4n) is 2.53. The van der Waals surface area contributed by atoms with E-state index in [2.05, 4.69) is 15.6 Å². The fourth-order valence-corrected chi connectivity index (χ4v) is 2.53. The van der Waals surface area contributed by atoms with Crippen LogP contribution in [0.15, 0.2) is 30.3 Å². The highest BCUT2D eigenvalue weighted by Gasteiger charge is 2.33. The van der Waals surface area contributed by atoms with Crippen molar-refractivity contribution in [2.24, 2.45) is 0 Å². The third-order valence-electron chi connectivity index (χ3n) is 3.82. The smallest absolute Gasteiger partial charge is 0.329 e. The van der Waals surface area contributed by atoms with Crippen molar-refractivity contribution in [2.75, 3.05) is 6.54 Å². The highest BCUT2D eigenvalue weighted by atomic mass is 16.4. The van der Waals surface area contributed by atoms with Crippen molar-refractivity contribution in [3.05, 3.63) is 36.0 Å². The second kappa shape index (κ2) is 7.16. The molecule has 128 valence electrons. The molecular formula is C17H21N3O4. The normalized spacial score (nSPS) is 13.2. The summed E-state index contributed by atoms with van der Waals surface area (Å²) in [7, 11) is 0. The Morgan fingerprint density at radius 3 is 2.58 bits per heavy atom. The summed E-state index contributed by atoms with van der Waals surface area (Å²) in [5.41, 5.74) is -0.162. The minimum absolute atomic E-state index is 0.291. The van der Waals surface area contributed by atoms with Crippen LogP contribution < -0.4 is 10.6 Å². The quantitative estimate of drug-likeness (QED) is 0.618. The number of H-pyrrole nitrogens is 1. The molecule has 1 aromatic heterocycles. The molecule has 0 bridgehead atoms.